The van der Waals surface area contributed by atoms with Crippen molar-refractivity contribution < 1.29 is 4.74 Å². The van der Waals surface area contributed by atoms with Gasteiger partial charge in [-0.15, -0.1) is 0 Å². The van der Waals surface area contributed by atoms with E-state index in [0.717, 1.165) is 25.3 Å². The summed E-state index contributed by atoms with van der Waals surface area (Å²) in [5, 5.41) is 3.54. The highest BCUT2D eigenvalue weighted by atomic mass is 16.5. The molecule has 3 rings (SSSR count). The zero-order chi connectivity index (χ0) is 14.1. The predicted molar refractivity (Wildman–Crippen MR) is 83.6 cm³/mol. The summed E-state index contributed by atoms with van der Waals surface area (Å²) in [5.74, 6) is 1.04. The lowest BCUT2D eigenvalue weighted by molar-refractivity contribution is 0.357. The molecule has 0 saturated carbocycles. The van der Waals surface area contributed by atoms with Gasteiger partial charge in [-0.1, -0.05) is 17.7 Å². The van der Waals surface area contributed by atoms with Crippen molar-refractivity contribution in [2.75, 3.05) is 11.9 Å². The van der Waals surface area contributed by atoms with Gasteiger partial charge in [0.2, 0.25) is 0 Å². The van der Waals surface area contributed by atoms with E-state index in [1.807, 2.05) is 0 Å². The Balaban J connectivity index is 1.77. The van der Waals surface area contributed by atoms with Gasteiger partial charge < -0.3 is 10.1 Å². The van der Waals surface area contributed by atoms with E-state index in [4.69, 9.17) is 4.74 Å². The Labute approximate surface area is 120 Å². The van der Waals surface area contributed by atoms with Crippen molar-refractivity contribution in [1.82, 2.24) is 0 Å². The number of aryl methyl sites for hydroxylation is 3. The first kappa shape index (κ1) is 13.0. The van der Waals surface area contributed by atoms with E-state index in [9.17, 15) is 0 Å². The van der Waals surface area contributed by atoms with E-state index >= 15 is 0 Å². The smallest absolute Gasteiger partial charge is 0.122 e. The molecule has 0 spiro atoms. The number of fused-ring (bicyclic) bond motifs is 1. The molecule has 20 heavy (non-hydrogen) atoms. The normalized spacial score (nSPS) is 12.9. The molecule has 1 N–H and O–H groups in total. The van der Waals surface area contributed by atoms with E-state index in [1.54, 1.807) is 0 Å². The van der Waals surface area contributed by atoms with Gasteiger partial charge in [-0.05, 0) is 61.2 Å². The van der Waals surface area contributed by atoms with Crippen LogP contribution in [0.1, 0.15) is 27.8 Å². The third kappa shape index (κ3) is 2.51. The molecule has 1 aliphatic rings. The van der Waals surface area contributed by atoms with E-state index in [-0.39, 0.29) is 0 Å². The molecule has 2 nitrogen and oxygen atoms in total. The van der Waals surface area contributed by atoms with Gasteiger partial charge in [0.05, 0.1) is 6.61 Å². The summed E-state index contributed by atoms with van der Waals surface area (Å²) < 4.78 is 5.54. The van der Waals surface area contributed by atoms with Crippen molar-refractivity contribution in [3.05, 3.63) is 58.1 Å². The molecule has 2 heteroatoms. The second kappa shape index (κ2) is 5.20. The monoisotopic (exact) mass is 267 g/mol. The van der Waals surface area contributed by atoms with Crippen LogP contribution < -0.4 is 10.1 Å². The standard InChI is InChI=1S/C18H21NO/c1-12-8-13(2)17(14(3)9-12)11-19-16-4-5-18-15(10-16)6-7-20-18/h4-5,8-10,19H,6-7,11H2,1-3H3. The van der Waals surface area contributed by atoms with Gasteiger partial charge in [-0.3, -0.25) is 0 Å². The minimum absolute atomic E-state index is 0.814. The molecular formula is C18H21NO. The fourth-order valence-electron chi connectivity index (χ4n) is 2.98. The Kier molecular flexibility index (Phi) is 3.39. The van der Waals surface area contributed by atoms with Gasteiger partial charge in [0.1, 0.15) is 5.75 Å². The first-order valence-corrected chi connectivity index (χ1v) is 7.20. The molecule has 2 aromatic carbocycles. The van der Waals surface area contributed by atoms with Crippen molar-refractivity contribution in [3.63, 3.8) is 0 Å². The van der Waals surface area contributed by atoms with Crippen molar-refractivity contribution >= 4 is 5.69 Å². The molecule has 0 unspecified atom stereocenters. The van der Waals surface area contributed by atoms with Crippen LogP contribution in [0.5, 0.6) is 5.75 Å². The van der Waals surface area contributed by atoms with Crippen LogP contribution in [0.25, 0.3) is 0 Å². The first-order chi connectivity index (χ1) is 9.63. The molecule has 1 aliphatic heterocycles. The molecule has 0 saturated heterocycles. The number of benzene rings is 2. The summed E-state index contributed by atoms with van der Waals surface area (Å²) in [6.45, 7) is 8.21. The minimum atomic E-state index is 0.814. The average molecular weight is 267 g/mol. The van der Waals surface area contributed by atoms with Gasteiger partial charge in [0.15, 0.2) is 0 Å². The van der Waals surface area contributed by atoms with Crippen LogP contribution >= 0.6 is 0 Å². The van der Waals surface area contributed by atoms with Crippen molar-refractivity contribution in [2.24, 2.45) is 0 Å². The highest BCUT2D eigenvalue weighted by Crippen LogP contribution is 2.28. The first-order valence-electron chi connectivity index (χ1n) is 7.20. The number of hydrogen-bond donors (Lipinski definition) is 1. The zero-order valence-electron chi connectivity index (χ0n) is 12.4. The lowest BCUT2D eigenvalue weighted by Crippen LogP contribution is -2.04. The second-order valence-corrected chi connectivity index (χ2v) is 5.65. The molecule has 0 radical (unpaired) electrons. The largest absolute Gasteiger partial charge is 0.493 e. The zero-order valence-corrected chi connectivity index (χ0v) is 12.4. The van der Waals surface area contributed by atoms with E-state index in [0.29, 0.717) is 0 Å². The van der Waals surface area contributed by atoms with Crippen molar-refractivity contribution in [3.8, 4) is 5.75 Å². The van der Waals surface area contributed by atoms with Crippen LogP contribution in [0.4, 0.5) is 5.69 Å². The van der Waals surface area contributed by atoms with Crippen LogP contribution in [0, 0.1) is 20.8 Å². The topological polar surface area (TPSA) is 21.3 Å². The van der Waals surface area contributed by atoms with Crippen LogP contribution in [0.3, 0.4) is 0 Å². The number of ether oxygens (including phenoxy) is 1. The van der Waals surface area contributed by atoms with Crippen molar-refractivity contribution in [2.45, 2.75) is 33.7 Å². The Bertz CT molecular complexity index is 623. The summed E-state index contributed by atoms with van der Waals surface area (Å²) in [5.41, 5.74) is 7.94. The molecular weight excluding hydrogens is 246 g/mol. The molecule has 1 heterocycles. The number of hydrogen-bond acceptors (Lipinski definition) is 2. The third-order valence-electron chi connectivity index (χ3n) is 4.00. The lowest BCUT2D eigenvalue weighted by atomic mass is 10.00. The summed E-state index contributed by atoms with van der Waals surface area (Å²) >= 11 is 0. The van der Waals surface area contributed by atoms with Crippen LogP contribution in [-0.4, -0.2) is 6.61 Å². The van der Waals surface area contributed by atoms with E-state index < -0.39 is 0 Å². The molecule has 104 valence electrons. The van der Waals surface area contributed by atoms with Gasteiger partial charge in [0.25, 0.3) is 0 Å². The summed E-state index contributed by atoms with van der Waals surface area (Å²) in [7, 11) is 0. The Morgan fingerprint density at radius 2 is 1.80 bits per heavy atom. The molecule has 0 fully saturated rings. The third-order valence-corrected chi connectivity index (χ3v) is 4.00. The molecule has 0 atom stereocenters. The number of rotatable bonds is 3. The summed E-state index contributed by atoms with van der Waals surface area (Å²) in [4.78, 5) is 0. The Morgan fingerprint density at radius 3 is 2.55 bits per heavy atom. The lowest BCUT2D eigenvalue weighted by Gasteiger charge is -2.13. The predicted octanol–water partition coefficient (Wildman–Crippen LogP) is 4.16. The maximum absolute atomic E-state index is 5.54. The molecule has 0 aliphatic carbocycles. The SMILES string of the molecule is Cc1cc(C)c(CNc2ccc3c(c2)CCO3)c(C)c1. The Morgan fingerprint density at radius 1 is 1.05 bits per heavy atom. The molecule has 0 bridgehead atoms. The quantitative estimate of drug-likeness (QED) is 0.901. The van der Waals surface area contributed by atoms with Gasteiger partial charge >= 0.3 is 0 Å². The minimum Gasteiger partial charge on any atom is -0.493 e. The van der Waals surface area contributed by atoms with Crippen molar-refractivity contribution in [1.29, 1.82) is 0 Å². The highest BCUT2D eigenvalue weighted by molar-refractivity contribution is 5.53. The highest BCUT2D eigenvalue weighted by Gasteiger charge is 2.12. The molecule has 2 aromatic rings. The summed E-state index contributed by atoms with van der Waals surface area (Å²) in [6.07, 6.45) is 1.02. The molecule has 0 amide bonds. The maximum atomic E-state index is 5.54. The Hall–Kier alpha value is -1.96. The van der Waals surface area contributed by atoms with Gasteiger partial charge in [0, 0.05) is 18.7 Å². The average Bonchev–Trinajstić information content (AvgIpc) is 2.84. The van der Waals surface area contributed by atoms with Crippen LogP contribution in [0.15, 0.2) is 30.3 Å². The number of nitrogens with one attached hydrogen (secondary N) is 1. The summed E-state index contributed by atoms with van der Waals surface area (Å²) in [6, 6.07) is 10.9. The molecule has 0 aromatic heterocycles. The fraction of sp³-hybridized carbons (Fsp3) is 0.333. The van der Waals surface area contributed by atoms with Gasteiger partial charge in [-0.25, -0.2) is 0 Å². The van der Waals surface area contributed by atoms with E-state index in [2.05, 4.69) is 56.4 Å². The van der Waals surface area contributed by atoms with E-state index in [1.165, 1.54) is 33.5 Å². The fourth-order valence-corrected chi connectivity index (χ4v) is 2.98. The van der Waals surface area contributed by atoms with Crippen LogP contribution in [0.2, 0.25) is 0 Å². The second-order valence-electron chi connectivity index (χ2n) is 5.65. The van der Waals surface area contributed by atoms with Crippen LogP contribution in [-0.2, 0) is 13.0 Å². The maximum Gasteiger partial charge on any atom is 0.122 e. The van der Waals surface area contributed by atoms with Gasteiger partial charge in [-0.2, -0.15) is 0 Å². The number of anilines is 1.